The summed E-state index contributed by atoms with van der Waals surface area (Å²) < 4.78 is 5.51. The molecule has 1 rings (SSSR count). The molecule has 0 amide bonds. The molecule has 15 heavy (non-hydrogen) atoms. The van der Waals surface area contributed by atoms with Crippen LogP contribution in [-0.4, -0.2) is 41.9 Å². The van der Waals surface area contributed by atoms with Crippen LogP contribution < -0.4 is 0 Å². The summed E-state index contributed by atoms with van der Waals surface area (Å²) in [6, 6.07) is 0. The number of likely N-dealkylation sites (tertiary alicyclic amines) is 1. The van der Waals surface area contributed by atoms with Crippen molar-refractivity contribution in [3.05, 3.63) is 0 Å². The second kappa shape index (κ2) is 8.68. The van der Waals surface area contributed by atoms with Gasteiger partial charge in [-0.2, -0.15) is 0 Å². The molecule has 1 N–H and O–H groups in total. The second-order valence-electron chi connectivity index (χ2n) is 3.67. The van der Waals surface area contributed by atoms with Crippen molar-refractivity contribution in [2.75, 3.05) is 19.7 Å². The highest BCUT2D eigenvalue weighted by Crippen LogP contribution is 2.12. The summed E-state index contributed by atoms with van der Waals surface area (Å²) in [5.41, 5.74) is 0. The van der Waals surface area contributed by atoms with Gasteiger partial charge >= 0.3 is 0 Å². The highest BCUT2D eigenvalue weighted by molar-refractivity contribution is 5.62. The lowest BCUT2D eigenvalue weighted by Crippen LogP contribution is -2.38. The molecule has 4 heteroatoms. The minimum Gasteiger partial charge on any atom is -0.481 e. The highest BCUT2D eigenvalue weighted by atomic mass is 16.5. The molecule has 0 spiro atoms. The van der Waals surface area contributed by atoms with Crippen molar-refractivity contribution in [1.29, 1.82) is 0 Å². The lowest BCUT2D eigenvalue weighted by Gasteiger charge is -2.31. The fraction of sp³-hybridized carbons (Fsp3) is 0.909. The van der Waals surface area contributed by atoms with Crippen molar-refractivity contribution in [3.63, 3.8) is 0 Å². The van der Waals surface area contributed by atoms with Crippen molar-refractivity contribution in [2.24, 2.45) is 0 Å². The number of aliphatic carboxylic acids is 1. The van der Waals surface area contributed by atoms with Crippen LogP contribution in [0.2, 0.25) is 0 Å². The first-order valence-corrected chi connectivity index (χ1v) is 5.63. The van der Waals surface area contributed by atoms with Crippen LogP contribution in [0.5, 0.6) is 0 Å². The molecule has 0 aromatic rings. The van der Waals surface area contributed by atoms with E-state index in [1.807, 2.05) is 0 Å². The molecule has 0 saturated carbocycles. The monoisotopic (exact) mass is 217 g/mol. The molecule has 1 atom stereocenters. The van der Waals surface area contributed by atoms with Crippen LogP contribution >= 0.6 is 0 Å². The van der Waals surface area contributed by atoms with Gasteiger partial charge in [-0.05, 0) is 26.7 Å². The van der Waals surface area contributed by atoms with Gasteiger partial charge in [0, 0.05) is 26.6 Å². The minimum absolute atomic E-state index is 0.334. The summed E-state index contributed by atoms with van der Waals surface area (Å²) in [6.07, 6.45) is 4.42. The molecule has 1 heterocycles. The lowest BCUT2D eigenvalue weighted by molar-refractivity contribution is -0.134. The van der Waals surface area contributed by atoms with Crippen molar-refractivity contribution < 1.29 is 14.6 Å². The van der Waals surface area contributed by atoms with E-state index in [0.29, 0.717) is 6.23 Å². The summed E-state index contributed by atoms with van der Waals surface area (Å²) in [7, 11) is 0. The standard InChI is InChI=1S/C9H19NO.C2H4O2/c1-3-11-9(2)10-7-5-4-6-8-10;1-2(3)4/h9H,3-8H2,1-2H3;1H3,(H,3,4). The molecule has 0 bridgehead atoms. The van der Waals surface area contributed by atoms with Crippen molar-refractivity contribution >= 4 is 5.97 Å². The van der Waals surface area contributed by atoms with E-state index in [1.165, 1.54) is 32.4 Å². The number of carboxylic acid groups (broad SMARTS) is 1. The van der Waals surface area contributed by atoms with E-state index in [9.17, 15) is 0 Å². The predicted octanol–water partition coefficient (Wildman–Crippen LogP) is 1.95. The Morgan fingerprint density at radius 3 is 2.27 bits per heavy atom. The van der Waals surface area contributed by atoms with E-state index in [1.54, 1.807) is 0 Å². The third-order valence-electron chi connectivity index (χ3n) is 2.31. The Morgan fingerprint density at radius 2 is 1.87 bits per heavy atom. The number of carboxylic acids is 1. The van der Waals surface area contributed by atoms with E-state index >= 15 is 0 Å². The molecule has 0 aliphatic carbocycles. The van der Waals surface area contributed by atoms with Crippen molar-refractivity contribution in [3.8, 4) is 0 Å². The molecule has 0 aromatic carbocycles. The van der Waals surface area contributed by atoms with Crippen LogP contribution in [0.4, 0.5) is 0 Å². The van der Waals surface area contributed by atoms with Gasteiger partial charge in [-0.15, -0.1) is 0 Å². The first-order chi connectivity index (χ1) is 7.07. The summed E-state index contributed by atoms with van der Waals surface area (Å²) in [6.45, 7) is 8.56. The van der Waals surface area contributed by atoms with Gasteiger partial charge in [-0.1, -0.05) is 6.42 Å². The fourth-order valence-electron chi connectivity index (χ4n) is 1.63. The summed E-state index contributed by atoms with van der Waals surface area (Å²) in [4.78, 5) is 11.4. The first-order valence-electron chi connectivity index (χ1n) is 5.63. The molecule has 1 aliphatic heterocycles. The molecule has 1 unspecified atom stereocenters. The van der Waals surface area contributed by atoms with Crippen molar-refractivity contribution in [2.45, 2.75) is 46.3 Å². The molecular formula is C11H23NO3. The summed E-state index contributed by atoms with van der Waals surface area (Å²) in [5.74, 6) is -0.833. The van der Waals surface area contributed by atoms with E-state index in [2.05, 4.69) is 18.7 Å². The van der Waals surface area contributed by atoms with Crippen LogP contribution in [0, 0.1) is 0 Å². The van der Waals surface area contributed by atoms with Gasteiger partial charge in [0.2, 0.25) is 0 Å². The van der Waals surface area contributed by atoms with Gasteiger partial charge in [0.05, 0.1) is 0 Å². The molecule has 0 radical (unpaired) electrons. The molecule has 0 aromatic heterocycles. The smallest absolute Gasteiger partial charge is 0.300 e. The number of nitrogens with zero attached hydrogens (tertiary/aromatic N) is 1. The molecule has 1 saturated heterocycles. The SMILES string of the molecule is CC(=O)O.CCOC(C)N1CCCCC1. The van der Waals surface area contributed by atoms with Crippen LogP contribution in [0.25, 0.3) is 0 Å². The van der Waals surface area contributed by atoms with E-state index in [-0.39, 0.29) is 0 Å². The second-order valence-corrected chi connectivity index (χ2v) is 3.67. The topological polar surface area (TPSA) is 49.8 Å². The molecule has 90 valence electrons. The van der Waals surface area contributed by atoms with Gasteiger partial charge in [-0.25, -0.2) is 0 Å². The Bertz CT molecular complexity index is 163. The maximum atomic E-state index is 9.00. The van der Waals surface area contributed by atoms with E-state index in [0.717, 1.165) is 13.5 Å². The Labute approximate surface area is 92.2 Å². The average Bonchev–Trinajstić information content (AvgIpc) is 2.19. The molecule has 1 aliphatic rings. The zero-order chi connectivity index (χ0) is 11.7. The number of hydrogen-bond donors (Lipinski definition) is 1. The number of rotatable bonds is 3. The minimum atomic E-state index is -0.833. The zero-order valence-electron chi connectivity index (χ0n) is 10.0. The molecule has 1 fully saturated rings. The maximum Gasteiger partial charge on any atom is 0.300 e. The number of hydrogen-bond acceptors (Lipinski definition) is 3. The van der Waals surface area contributed by atoms with Gasteiger partial charge in [0.15, 0.2) is 0 Å². The Kier molecular flexibility index (Phi) is 8.33. The summed E-state index contributed by atoms with van der Waals surface area (Å²) in [5, 5.41) is 7.42. The normalized spacial score (nSPS) is 18.9. The maximum absolute atomic E-state index is 9.00. The van der Waals surface area contributed by atoms with Gasteiger partial charge in [-0.3, -0.25) is 9.69 Å². The Morgan fingerprint density at radius 1 is 1.40 bits per heavy atom. The zero-order valence-corrected chi connectivity index (χ0v) is 10.0. The highest BCUT2D eigenvalue weighted by Gasteiger charge is 2.15. The predicted molar refractivity (Wildman–Crippen MR) is 59.8 cm³/mol. The quantitative estimate of drug-likeness (QED) is 0.785. The number of carbonyl (C=O) groups is 1. The first kappa shape index (κ1) is 14.4. The van der Waals surface area contributed by atoms with Gasteiger partial charge < -0.3 is 9.84 Å². The van der Waals surface area contributed by atoms with E-state index in [4.69, 9.17) is 14.6 Å². The average molecular weight is 217 g/mol. The van der Waals surface area contributed by atoms with Crippen LogP contribution in [0.3, 0.4) is 0 Å². The molecular weight excluding hydrogens is 194 g/mol. The Hall–Kier alpha value is -0.610. The van der Waals surface area contributed by atoms with Crippen LogP contribution in [0.1, 0.15) is 40.0 Å². The fourth-order valence-corrected chi connectivity index (χ4v) is 1.63. The summed E-state index contributed by atoms with van der Waals surface area (Å²) >= 11 is 0. The third kappa shape index (κ3) is 8.39. The number of piperidine rings is 1. The Balaban J connectivity index is 0.000000423. The lowest BCUT2D eigenvalue weighted by atomic mass is 10.1. The van der Waals surface area contributed by atoms with Gasteiger partial charge in [0.1, 0.15) is 6.23 Å². The largest absolute Gasteiger partial charge is 0.481 e. The van der Waals surface area contributed by atoms with Crippen LogP contribution in [0.15, 0.2) is 0 Å². The number of ether oxygens (including phenoxy) is 1. The van der Waals surface area contributed by atoms with E-state index < -0.39 is 5.97 Å². The molecule has 4 nitrogen and oxygen atoms in total. The van der Waals surface area contributed by atoms with Crippen LogP contribution in [-0.2, 0) is 9.53 Å². The van der Waals surface area contributed by atoms with Gasteiger partial charge in [0.25, 0.3) is 5.97 Å². The third-order valence-corrected chi connectivity index (χ3v) is 2.31. The van der Waals surface area contributed by atoms with Crippen molar-refractivity contribution in [1.82, 2.24) is 4.90 Å².